The van der Waals surface area contributed by atoms with Crippen molar-refractivity contribution < 1.29 is 4.79 Å². The number of hydrogen-bond donors (Lipinski definition) is 2. The zero-order chi connectivity index (χ0) is 12.5. The second kappa shape index (κ2) is 4.65. The van der Waals surface area contributed by atoms with Gasteiger partial charge in [-0.25, -0.2) is 9.97 Å². The Morgan fingerprint density at radius 3 is 2.94 bits per heavy atom. The molecule has 3 N–H and O–H groups in total. The second-order valence-electron chi connectivity index (χ2n) is 5.35. The Balaban J connectivity index is 1.59. The van der Waals surface area contributed by atoms with Crippen LogP contribution in [0.25, 0.3) is 0 Å². The molecular weight excluding hydrogens is 228 g/mol. The number of amides is 1. The van der Waals surface area contributed by atoms with Crippen LogP contribution in [-0.4, -0.2) is 21.9 Å². The monoisotopic (exact) mass is 246 g/mol. The van der Waals surface area contributed by atoms with Gasteiger partial charge >= 0.3 is 0 Å². The summed E-state index contributed by atoms with van der Waals surface area (Å²) >= 11 is 0. The first kappa shape index (κ1) is 11.6. The molecule has 2 saturated carbocycles. The van der Waals surface area contributed by atoms with E-state index in [0.29, 0.717) is 18.4 Å². The van der Waals surface area contributed by atoms with E-state index in [1.165, 1.54) is 12.7 Å². The highest BCUT2D eigenvalue weighted by atomic mass is 16.1. The number of aromatic nitrogens is 2. The number of nitrogens with two attached hydrogens (primary N) is 1. The minimum atomic E-state index is 0.00517. The van der Waals surface area contributed by atoms with Gasteiger partial charge in [0.15, 0.2) is 0 Å². The lowest BCUT2D eigenvalue weighted by Crippen LogP contribution is -2.45. The van der Waals surface area contributed by atoms with E-state index in [0.717, 1.165) is 18.5 Å². The lowest BCUT2D eigenvalue weighted by atomic mass is 9.84. The third kappa shape index (κ3) is 1.99. The summed E-state index contributed by atoms with van der Waals surface area (Å²) in [6.07, 6.45) is 6.65. The topological polar surface area (TPSA) is 80.9 Å². The predicted octanol–water partition coefficient (Wildman–Crippen LogP) is 0.466. The molecule has 1 aromatic rings. The van der Waals surface area contributed by atoms with Gasteiger partial charge in [0.1, 0.15) is 6.33 Å². The van der Waals surface area contributed by atoms with Gasteiger partial charge in [0.2, 0.25) is 5.91 Å². The standard InChI is InChI=1S/C13H18N4O/c14-12-9-2-1-8(5-9)11(12)13(18)16-6-10-3-4-15-7-17-10/h3-4,7-9,11-12H,1-2,5-6,14H2,(H,16,18). The number of hydrogen-bond acceptors (Lipinski definition) is 4. The summed E-state index contributed by atoms with van der Waals surface area (Å²) in [4.78, 5) is 20.1. The lowest BCUT2D eigenvalue weighted by molar-refractivity contribution is -0.127. The molecule has 1 heterocycles. The van der Waals surface area contributed by atoms with Gasteiger partial charge in [-0.1, -0.05) is 0 Å². The van der Waals surface area contributed by atoms with Gasteiger partial charge < -0.3 is 11.1 Å². The summed E-state index contributed by atoms with van der Waals surface area (Å²) in [5.74, 6) is 1.15. The highest BCUT2D eigenvalue weighted by Gasteiger charge is 2.48. The molecule has 2 aliphatic carbocycles. The number of rotatable bonds is 3. The molecule has 2 fully saturated rings. The van der Waals surface area contributed by atoms with Crippen molar-refractivity contribution in [3.8, 4) is 0 Å². The summed E-state index contributed by atoms with van der Waals surface area (Å²) in [7, 11) is 0. The number of nitrogens with one attached hydrogen (secondary N) is 1. The second-order valence-corrected chi connectivity index (χ2v) is 5.35. The van der Waals surface area contributed by atoms with Gasteiger partial charge in [-0.15, -0.1) is 0 Å². The Hall–Kier alpha value is -1.49. The number of fused-ring (bicyclic) bond motifs is 2. The first-order valence-electron chi connectivity index (χ1n) is 6.54. The quantitative estimate of drug-likeness (QED) is 0.812. The molecule has 4 unspecified atom stereocenters. The van der Waals surface area contributed by atoms with E-state index >= 15 is 0 Å². The SMILES string of the molecule is NC1C2CCC(C2)C1C(=O)NCc1ccncn1. The maximum Gasteiger partial charge on any atom is 0.225 e. The van der Waals surface area contributed by atoms with Crippen LogP contribution in [0.15, 0.2) is 18.6 Å². The minimum Gasteiger partial charge on any atom is -0.350 e. The van der Waals surface area contributed by atoms with Gasteiger partial charge in [-0.2, -0.15) is 0 Å². The maximum absolute atomic E-state index is 12.2. The van der Waals surface area contributed by atoms with E-state index in [-0.39, 0.29) is 17.9 Å². The van der Waals surface area contributed by atoms with Crippen molar-refractivity contribution in [1.29, 1.82) is 0 Å². The van der Waals surface area contributed by atoms with Crippen molar-refractivity contribution >= 4 is 5.91 Å². The van der Waals surface area contributed by atoms with Gasteiger partial charge in [0.25, 0.3) is 0 Å². The average Bonchev–Trinajstić information content (AvgIpc) is 2.98. The predicted molar refractivity (Wildman–Crippen MR) is 66.2 cm³/mol. The molecule has 1 amide bonds. The summed E-state index contributed by atoms with van der Waals surface area (Å²) < 4.78 is 0. The summed E-state index contributed by atoms with van der Waals surface area (Å²) in [6, 6.07) is 1.86. The highest BCUT2D eigenvalue weighted by Crippen LogP contribution is 2.47. The van der Waals surface area contributed by atoms with Crippen molar-refractivity contribution in [3.63, 3.8) is 0 Å². The largest absolute Gasteiger partial charge is 0.350 e. The van der Waals surface area contributed by atoms with Gasteiger partial charge in [-0.05, 0) is 37.2 Å². The third-order valence-corrected chi connectivity index (χ3v) is 4.37. The molecule has 1 aromatic heterocycles. The van der Waals surface area contributed by atoms with Gasteiger partial charge in [0.05, 0.1) is 18.2 Å². The molecule has 2 bridgehead atoms. The number of carbonyl (C=O) groups excluding carboxylic acids is 1. The highest BCUT2D eigenvalue weighted by molar-refractivity contribution is 5.80. The van der Waals surface area contributed by atoms with E-state index in [4.69, 9.17) is 5.73 Å². The van der Waals surface area contributed by atoms with Crippen LogP contribution in [0.5, 0.6) is 0 Å². The van der Waals surface area contributed by atoms with Crippen LogP contribution in [0.4, 0.5) is 0 Å². The molecule has 5 nitrogen and oxygen atoms in total. The van der Waals surface area contributed by atoms with Gasteiger partial charge in [-0.3, -0.25) is 4.79 Å². The first-order valence-corrected chi connectivity index (χ1v) is 6.54. The fourth-order valence-electron chi connectivity index (χ4n) is 3.44. The molecule has 96 valence electrons. The number of nitrogens with zero attached hydrogens (tertiary/aromatic N) is 2. The molecule has 0 spiro atoms. The summed E-state index contributed by atoms with van der Waals surface area (Å²) in [5.41, 5.74) is 6.98. The van der Waals surface area contributed by atoms with E-state index in [1.807, 2.05) is 0 Å². The molecule has 0 aliphatic heterocycles. The summed E-state index contributed by atoms with van der Waals surface area (Å²) in [6.45, 7) is 0.460. The zero-order valence-corrected chi connectivity index (χ0v) is 10.2. The Morgan fingerprint density at radius 1 is 1.44 bits per heavy atom. The molecular formula is C13H18N4O. The van der Waals surface area contributed by atoms with Crippen molar-refractivity contribution in [2.24, 2.45) is 23.5 Å². The Labute approximate surface area is 106 Å². The maximum atomic E-state index is 12.2. The molecule has 5 heteroatoms. The smallest absolute Gasteiger partial charge is 0.225 e. The molecule has 2 aliphatic rings. The molecule has 0 aromatic carbocycles. The third-order valence-electron chi connectivity index (χ3n) is 4.37. The van der Waals surface area contributed by atoms with E-state index in [9.17, 15) is 4.79 Å². The molecule has 3 rings (SSSR count). The Kier molecular flexibility index (Phi) is 2.99. The average molecular weight is 246 g/mol. The van der Waals surface area contributed by atoms with E-state index in [1.54, 1.807) is 12.3 Å². The normalized spacial score (nSPS) is 33.6. The fourth-order valence-corrected chi connectivity index (χ4v) is 3.44. The summed E-state index contributed by atoms with van der Waals surface area (Å²) in [5, 5.41) is 2.95. The van der Waals surface area contributed by atoms with Crippen molar-refractivity contribution in [3.05, 3.63) is 24.3 Å². The van der Waals surface area contributed by atoms with E-state index in [2.05, 4.69) is 15.3 Å². The van der Waals surface area contributed by atoms with Crippen LogP contribution >= 0.6 is 0 Å². The first-order chi connectivity index (χ1) is 8.75. The van der Waals surface area contributed by atoms with Crippen LogP contribution in [0.2, 0.25) is 0 Å². The van der Waals surface area contributed by atoms with Crippen LogP contribution in [0.3, 0.4) is 0 Å². The van der Waals surface area contributed by atoms with Crippen LogP contribution < -0.4 is 11.1 Å². The molecule has 4 atom stereocenters. The lowest BCUT2D eigenvalue weighted by Gasteiger charge is -2.26. The van der Waals surface area contributed by atoms with Crippen LogP contribution in [0.1, 0.15) is 25.0 Å². The minimum absolute atomic E-state index is 0.00517. The molecule has 18 heavy (non-hydrogen) atoms. The van der Waals surface area contributed by atoms with Crippen molar-refractivity contribution in [1.82, 2.24) is 15.3 Å². The molecule has 0 saturated heterocycles. The fraction of sp³-hybridized carbons (Fsp3) is 0.615. The number of carbonyl (C=O) groups is 1. The Morgan fingerprint density at radius 2 is 2.28 bits per heavy atom. The molecule has 0 radical (unpaired) electrons. The van der Waals surface area contributed by atoms with E-state index < -0.39 is 0 Å². The Bertz CT molecular complexity index is 434. The van der Waals surface area contributed by atoms with Crippen molar-refractivity contribution in [2.75, 3.05) is 0 Å². The van der Waals surface area contributed by atoms with Crippen LogP contribution in [0, 0.1) is 17.8 Å². The van der Waals surface area contributed by atoms with Crippen molar-refractivity contribution in [2.45, 2.75) is 31.8 Å². The zero-order valence-electron chi connectivity index (χ0n) is 10.2. The van der Waals surface area contributed by atoms with Gasteiger partial charge in [0, 0.05) is 12.2 Å². The van der Waals surface area contributed by atoms with Crippen LogP contribution in [-0.2, 0) is 11.3 Å².